The van der Waals surface area contributed by atoms with Crippen LogP contribution in [0.3, 0.4) is 0 Å². The van der Waals surface area contributed by atoms with Crippen molar-refractivity contribution >= 4 is 34.1 Å². The van der Waals surface area contributed by atoms with Crippen molar-refractivity contribution in [3.05, 3.63) is 40.7 Å². The predicted octanol–water partition coefficient (Wildman–Crippen LogP) is 1.45. The first-order valence-corrected chi connectivity index (χ1v) is 7.51. The van der Waals surface area contributed by atoms with Crippen LogP contribution in [0, 0.1) is 12.7 Å². The van der Waals surface area contributed by atoms with E-state index < -0.39 is 24.0 Å². The van der Waals surface area contributed by atoms with Gasteiger partial charge in [0, 0.05) is 5.69 Å². The van der Waals surface area contributed by atoms with E-state index >= 15 is 0 Å². The van der Waals surface area contributed by atoms with E-state index in [9.17, 15) is 19.1 Å². The van der Waals surface area contributed by atoms with Gasteiger partial charge in [0.25, 0.3) is 5.91 Å². The van der Waals surface area contributed by atoms with Crippen molar-refractivity contribution in [3.8, 4) is 0 Å². The number of aromatic nitrogens is 1. The van der Waals surface area contributed by atoms with Gasteiger partial charge in [-0.25, -0.2) is 19.1 Å². The molecule has 23 heavy (non-hydrogen) atoms. The van der Waals surface area contributed by atoms with Gasteiger partial charge in [0.15, 0.2) is 11.4 Å². The van der Waals surface area contributed by atoms with Crippen molar-refractivity contribution in [2.75, 3.05) is 16.3 Å². The SMILES string of the molecule is Cc1nc(N2C(=O)N(c3ccc(F)cc3)CC2O)sc1C(N)=O. The van der Waals surface area contributed by atoms with E-state index in [0.29, 0.717) is 11.4 Å². The van der Waals surface area contributed by atoms with Crippen molar-refractivity contribution in [3.63, 3.8) is 0 Å². The van der Waals surface area contributed by atoms with E-state index in [4.69, 9.17) is 5.73 Å². The largest absolute Gasteiger partial charge is 0.371 e. The fraction of sp³-hybridized carbons (Fsp3) is 0.214. The fourth-order valence-corrected chi connectivity index (χ4v) is 3.30. The number of thiazole rings is 1. The molecule has 0 saturated carbocycles. The van der Waals surface area contributed by atoms with Crippen molar-refractivity contribution in [1.82, 2.24) is 4.98 Å². The molecule has 3 amide bonds. The van der Waals surface area contributed by atoms with Crippen LogP contribution in [0.15, 0.2) is 24.3 Å². The lowest BCUT2D eigenvalue weighted by Gasteiger charge is -2.17. The van der Waals surface area contributed by atoms with Gasteiger partial charge in [0.1, 0.15) is 10.7 Å². The van der Waals surface area contributed by atoms with E-state index in [2.05, 4.69) is 4.98 Å². The monoisotopic (exact) mass is 336 g/mol. The molecule has 0 spiro atoms. The topological polar surface area (TPSA) is 99.8 Å². The highest BCUT2D eigenvalue weighted by atomic mass is 32.1. The van der Waals surface area contributed by atoms with Gasteiger partial charge >= 0.3 is 6.03 Å². The Labute approximate surface area is 134 Å². The molecule has 0 bridgehead atoms. The molecule has 1 atom stereocenters. The number of halogens is 1. The molecule has 9 heteroatoms. The maximum absolute atomic E-state index is 13.0. The summed E-state index contributed by atoms with van der Waals surface area (Å²) in [5.74, 6) is -1.05. The zero-order valence-corrected chi connectivity index (χ0v) is 12.9. The van der Waals surface area contributed by atoms with E-state index in [-0.39, 0.29) is 16.6 Å². The second-order valence-corrected chi connectivity index (χ2v) is 5.97. The minimum atomic E-state index is -1.13. The van der Waals surface area contributed by atoms with Gasteiger partial charge in [-0.2, -0.15) is 0 Å². The third-order valence-corrected chi connectivity index (χ3v) is 4.61. The van der Waals surface area contributed by atoms with Crippen molar-refractivity contribution in [2.24, 2.45) is 5.73 Å². The second kappa shape index (κ2) is 5.60. The molecular weight excluding hydrogens is 323 g/mol. The predicted molar refractivity (Wildman–Crippen MR) is 83.0 cm³/mol. The molecule has 120 valence electrons. The number of aliphatic hydroxyl groups is 1. The second-order valence-electron chi connectivity index (χ2n) is 5.00. The molecule has 7 nitrogen and oxygen atoms in total. The summed E-state index contributed by atoms with van der Waals surface area (Å²) < 4.78 is 13.0. The molecule has 1 aromatic heterocycles. The van der Waals surface area contributed by atoms with Gasteiger partial charge in [0.05, 0.1) is 12.2 Å². The van der Waals surface area contributed by atoms with Crippen LogP contribution in [0.25, 0.3) is 0 Å². The molecule has 1 fully saturated rings. The Bertz CT molecular complexity index is 777. The first kappa shape index (κ1) is 15.4. The van der Waals surface area contributed by atoms with Crippen molar-refractivity contribution in [2.45, 2.75) is 13.2 Å². The Morgan fingerprint density at radius 3 is 2.65 bits per heavy atom. The molecule has 0 radical (unpaired) electrons. The maximum atomic E-state index is 13.0. The molecule has 2 heterocycles. The summed E-state index contributed by atoms with van der Waals surface area (Å²) in [7, 11) is 0. The number of primary amides is 1. The zero-order valence-electron chi connectivity index (χ0n) is 12.1. The lowest BCUT2D eigenvalue weighted by atomic mass is 10.3. The summed E-state index contributed by atoms with van der Waals surface area (Å²) in [5, 5.41) is 10.4. The molecule has 3 N–H and O–H groups in total. The van der Waals surface area contributed by atoms with Crippen LogP contribution in [-0.2, 0) is 0 Å². The number of amides is 3. The fourth-order valence-electron chi connectivity index (χ4n) is 2.34. The molecule has 3 rings (SSSR count). The third-order valence-electron chi connectivity index (χ3n) is 3.43. The van der Waals surface area contributed by atoms with Crippen LogP contribution in [0.4, 0.5) is 20.0 Å². The van der Waals surface area contributed by atoms with Gasteiger partial charge in [-0.3, -0.25) is 9.69 Å². The summed E-state index contributed by atoms with van der Waals surface area (Å²) in [6, 6.07) is 4.86. The van der Waals surface area contributed by atoms with Gasteiger partial charge in [-0.1, -0.05) is 11.3 Å². The van der Waals surface area contributed by atoms with E-state index in [0.717, 1.165) is 16.2 Å². The van der Waals surface area contributed by atoms with Gasteiger partial charge in [0.2, 0.25) is 0 Å². The normalized spacial score (nSPS) is 17.9. The number of benzene rings is 1. The number of carbonyl (C=O) groups is 2. The maximum Gasteiger partial charge on any atom is 0.333 e. The Morgan fingerprint density at radius 2 is 2.09 bits per heavy atom. The average molecular weight is 336 g/mol. The number of β-amino-alcohol motifs (C(OH)–C–C–N with tert-alkyl or cyclic N) is 1. The Morgan fingerprint density at radius 1 is 1.43 bits per heavy atom. The number of nitrogens with zero attached hydrogens (tertiary/aromatic N) is 3. The van der Waals surface area contributed by atoms with E-state index in [1.165, 1.54) is 29.2 Å². The van der Waals surface area contributed by atoms with Gasteiger partial charge in [-0.05, 0) is 31.2 Å². The highest BCUT2D eigenvalue weighted by molar-refractivity contribution is 7.17. The zero-order chi connectivity index (χ0) is 16.7. The van der Waals surface area contributed by atoms with E-state index in [1.807, 2.05) is 0 Å². The minimum absolute atomic E-state index is 0.00893. The van der Waals surface area contributed by atoms with Crippen LogP contribution < -0.4 is 15.5 Å². The molecule has 1 aromatic carbocycles. The number of hydrogen-bond acceptors (Lipinski definition) is 5. The summed E-state index contributed by atoms with van der Waals surface area (Å²) in [4.78, 5) is 30.6. The number of hydrogen-bond donors (Lipinski definition) is 2. The average Bonchev–Trinajstić information content (AvgIpc) is 3.00. The number of aliphatic hydroxyl groups excluding tert-OH is 1. The third kappa shape index (κ3) is 2.64. The summed E-state index contributed by atoms with van der Waals surface area (Å²) in [6.45, 7) is 1.61. The van der Waals surface area contributed by atoms with Crippen LogP contribution in [0.5, 0.6) is 0 Å². The summed E-state index contributed by atoms with van der Waals surface area (Å²) in [5.41, 5.74) is 6.11. The molecule has 1 unspecified atom stereocenters. The Kier molecular flexibility index (Phi) is 3.74. The summed E-state index contributed by atoms with van der Waals surface area (Å²) in [6.07, 6.45) is -1.13. The van der Waals surface area contributed by atoms with E-state index in [1.54, 1.807) is 6.92 Å². The number of carbonyl (C=O) groups excluding carboxylic acids is 2. The van der Waals surface area contributed by atoms with Gasteiger partial charge in [-0.15, -0.1) is 0 Å². The molecule has 1 saturated heterocycles. The first-order valence-electron chi connectivity index (χ1n) is 6.70. The first-order chi connectivity index (χ1) is 10.9. The number of nitrogens with two attached hydrogens (primary N) is 1. The smallest absolute Gasteiger partial charge is 0.333 e. The Balaban J connectivity index is 1.92. The summed E-state index contributed by atoms with van der Waals surface area (Å²) >= 11 is 0.945. The quantitative estimate of drug-likeness (QED) is 0.886. The highest BCUT2D eigenvalue weighted by Crippen LogP contribution is 2.32. The highest BCUT2D eigenvalue weighted by Gasteiger charge is 2.40. The van der Waals surface area contributed by atoms with Crippen LogP contribution in [-0.4, -0.2) is 34.8 Å². The minimum Gasteiger partial charge on any atom is -0.371 e. The Hall–Kier alpha value is -2.52. The standard InChI is InChI=1S/C14H13FN4O3S/c1-7-11(12(16)21)23-13(17-7)19-10(20)6-18(14(19)22)9-4-2-8(15)3-5-9/h2-5,10,20H,6H2,1H3,(H2,16,21). The van der Waals surface area contributed by atoms with Crippen LogP contribution in [0.1, 0.15) is 15.4 Å². The molecule has 1 aliphatic rings. The number of anilines is 2. The van der Waals surface area contributed by atoms with Crippen LogP contribution >= 0.6 is 11.3 Å². The molecule has 0 aliphatic carbocycles. The number of urea groups is 1. The number of rotatable bonds is 3. The van der Waals surface area contributed by atoms with Crippen molar-refractivity contribution in [1.29, 1.82) is 0 Å². The lowest BCUT2D eigenvalue weighted by molar-refractivity contribution is 0.100. The number of aryl methyl sites for hydroxylation is 1. The lowest BCUT2D eigenvalue weighted by Crippen LogP contribution is -2.34. The van der Waals surface area contributed by atoms with Crippen LogP contribution in [0.2, 0.25) is 0 Å². The van der Waals surface area contributed by atoms with Crippen molar-refractivity contribution < 1.29 is 19.1 Å². The molecule has 2 aromatic rings. The van der Waals surface area contributed by atoms with Gasteiger partial charge < -0.3 is 10.8 Å². The molecule has 1 aliphatic heterocycles. The molecular formula is C14H13FN4O3S.